The van der Waals surface area contributed by atoms with Crippen molar-refractivity contribution in [3.05, 3.63) is 0 Å². The van der Waals surface area contributed by atoms with Crippen LogP contribution in [0.25, 0.3) is 0 Å². The molecule has 0 atom stereocenters. The monoisotopic (exact) mass is 338 g/mol. The standard InChI is InChI=1S/C22H42S/c1-4-6-7-8-16-22(23-3)17-14-21(15-18-22)20-12-10-19(9-5-2)11-13-20/h19-21H,4-18H2,1-3H3. The van der Waals surface area contributed by atoms with Gasteiger partial charge >= 0.3 is 0 Å². The SMILES string of the molecule is CCCCCCC1(SC)CCC(C2CCC(CCC)CC2)CC1. The Hall–Kier alpha value is 0.350. The summed E-state index contributed by atoms with van der Waals surface area (Å²) in [6, 6.07) is 0. The molecule has 0 amide bonds. The van der Waals surface area contributed by atoms with Crippen LogP contribution in [-0.4, -0.2) is 11.0 Å². The first kappa shape index (κ1) is 19.7. The minimum absolute atomic E-state index is 0.656. The van der Waals surface area contributed by atoms with E-state index >= 15 is 0 Å². The molecular weight excluding hydrogens is 296 g/mol. The average Bonchev–Trinajstić information content (AvgIpc) is 2.60. The Morgan fingerprint density at radius 2 is 1.43 bits per heavy atom. The summed E-state index contributed by atoms with van der Waals surface area (Å²) >= 11 is 2.21. The summed E-state index contributed by atoms with van der Waals surface area (Å²) in [6.07, 6.45) is 24.8. The minimum Gasteiger partial charge on any atom is -0.159 e. The molecule has 0 saturated heterocycles. The Bertz CT molecular complexity index is 295. The number of hydrogen-bond donors (Lipinski definition) is 0. The van der Waals surface area contributed by atoms with Gasteiger partial charge in [0, 0.05) is 4.75 Å². The van der Waals surface area contributed by atoms with Gasteiger partial charge in [-0.15, -0.1) is 0 Å². The Morgan fingerprint density at radius 3 is 2.00 bits per heavy atom. The summed E-state index contributed by atoms with van der Waals surface area (Å²) in [5, 5.41) is 0. The lowest BCUT2D eigenvalue weighted by Gasteiger charge is -2.43. The maximum Gasteiger partial charge on any atom is 0.0157 e. The molecule has 0 bridgehead atoms. The third-order valence-electron chi connectivity index (χ3n) is 7.12. The highest BCUT2D eigenvalue weighted by Crippen LogP contribution is 2.48. The zero-order chi connectivity index (χ0) is 16.5. The first-order valence-corrected chi connectivity index (χ1v) is 12.0. The van der Waals surface area contributed by atoms with E-state index in [4.69, 9.17) is 0 Å². The highest BCUT2D eigenvalue weighted by molar-refractivity contribution is 8.00. The molecule has 0 radical (unpaired) electrons. The highest BCUT2D eigenvalue weighted by atomic mass is 32.2. The molecule has 0 spiro atoms. The van der Waals surface area contributed by atoms with E-state index in [0.29, 0.717) is 4.75 Å². The molecule has 136 valence electrons. The van der Waals surface area contributed by atoms with Crippen molar-refractivity contribution in [2.45, 2.75) is 115 Å². The quantitative estimate of drug-likeness (QED) is 0.386. The van der Waals surface area contributed by atoms with Gasteiger partial charge in [-0.1, -0.05) is 65.2 Å². The summed E-state index contributed by atoms with van der Waals surface area (Å²) in [5.41, 5.74) is 0. The second-order valence-corrected chi connectivity index (χ2v) is 9.88. The fourth-order valence-electron chi connectivity index (χ4n) is 5.42. The van der Waals surface area contributed by atoms with Crippen molar-refractivity contribution in [1.29, 1.82) is 0 Å². The molecule has 1 heteroatoms. The van der Waals surface area contributed by atoms with Crippen LogP contribution in [0, 0.1) is 17.8 Å². The van der Waals surface area contributed by atoms with Gasteiger partial charge in [0.25, 0.3) is 0 Å². The second-order valence-electron chi connectivity index (χ2n) is 8.60. The van der Waals surface area contributed by atoms with Crippen LogP contribution in [0.2, 0.25) is 0 Å². The predicted molar refractivity (Wildman–Crippen MR) is 107 cm³/mol. The molecule has 0 unspecified atom stereocenters. The van der Waals surface area contributed by atoms with Crippen LogP contribution in [0.4, 0.5) is 0 Å². The van der Waals surface area contributed by atoms with Gasteiger partial charge in [-0.25, -0.2) is 0 Å². The molecule has 0 aromatic heterocycles. The van der Waals surface area contributed by atoms with Crippen LogP contribution in [0.5, 0.6) is 0 Å². The summed E-state index contributed by atoms with van der Waals surface area (Å²) in [4.78, 5) is 0. The van der Waals surface area contributed by atoms with Gasteiger partial charge in [0.2, 0.25) is 0 Å². The molecule has 0 aromatic rings. The lowest BCUT2D eigenvalue weighted by Crippen LogP contribution is -2.34. The highest BCUT2D eigenvalue weighted by Gasteiger charge is 2.37. The molecule has 2 rings (SSSR count). The van der Waals surface area contributed by atoms with E-state index in [1.165, 1.54) is 70.6 Å². The molecule has 0 aliphatic heterocycles. The van der Waals surface area contributed by atoms with Gasteiger partial charge in [0.05, 0.1) is 0 Å². The summed E-state index contributed by atoms with van der Waals surface area (Å²) in [6.45, 7) is 4.68. The maximum atomic E-state index is 2.39. The van der Waals surface area contributed by atoms with Crippen LogP contribution in [0.1, 0.15) is 110 Å². The van der Waals surface area contributed by atoms with E-state index in [1.54, 1.807) is 25.7 Å². The molecule has 2 aliphatic carbocycles. The first-order chi connectivity index (χ1) is 11.2. The third kappa shape index (κ3) is 5.98. The van der Waals surface area contributed by atoms with Gasteiger partial charge in [-0.3, -0.25) is 0 Å². The summed E-state index contributed by atoms with van der Waals surface area (Å²) in [5.74, 6) is 3.24. The number of thioether (sulfide) groups is 1. The Labute approximate surface area is 151 Å². The summed E-state index contributed by atoms with van der Waals surface area (Å²) in [7, 11) is 0. The average molecular weight is 339 g/mol. The van der Waals surface area contributed by atoms with Crippen LogP contribution in [0.15, 0.2) is 0 Å². The zero-order valence-electron chi connectivity index (χ0n) is 16.2. The van der Waals surface area contributed by atoms with Crippen LogP contribution in [0.3, 0.4) is 0 Å². The van der Waals surface area contributed by atoms with Crippen LogP contribution < -0.4 is 0 Å². The van der Waals surface area contributed by atoms with E-state index in [-0.39, 0.29) is 0 Å². The largest absolute Gasteiger partial charge is 0.159 e. The number of hydrogen-bond acceptors (Lipinski definition) is 1. The number of unbranched alkanes of at least 4 members (excludes halogenated alkanes) is 3. The molecule has 23 heavy (non-hydrogen) atoms. The van der Waals surface area contributed by atoms with Gasteiger partial charge in [-0.05, 0) is 69.0 Å². The molecular formula is C22H42S. The minimum atomic E-state index is 0.656. The molecule has 0 heterocycles. The Morgan fingerprint density at radius 1 is 0.783 bits per heavy atom. The zero-order valence-corrected chi connectivity index (χ0v) is 17.1. The van der Waals surface area contributed by atoms with E-state index in [0.717, 1.165) is 17.8 Å². The molecule has 2 aliphatic rings. The smallest absolute Gasteiger partial charge is 0.0157 e. The van der Waals surface area contributed by atoms with Crippen molar-refractivity contribution in [2.24, 2.45) is 17.8 Å². The van der Waals surface area contributed by atoms with E-state index in [9.17, 15) is 0 Å². The fraction of sp³-hybridized carbons (Fsp3) is 1.00. The Balaban J connectivity index is 1.72. The topological polar surface area (TPSA) is 0 Å². The molecule has 0 nitrogen and oxygen atoms in total. The van der Waals surface area contributed by atoms with Crippen molar-refractivity contribution in [2.75, 3.05) is 6.26 Å². The maximum absolute atomic E-state index is 2.39. The van der Waals surface area contributed by atoms with Gasteiger partial charge in [0.1, 0.15) is 0 Å². The van der Waals surface area contributed by atoms with E-state index in [1.807, 2.05) is 0 Å². The molecule has 2 saturated carbocycles. The molecule has 2 fully saturated rings. The fourth-order valence-corrected chi connectivity index (χ4v) is 6.42. The van der Waals surface area contributed by atoms with Gasteiger partial charge < -0.3 is 0 Å². The van der Waals surface area contributed by atoms with Crippen LogP contribution >= 0.6 is 11.8 Å². The lowest BCUT2D eigenvalue weighted by atomic mass is 9.68. The van der Waals surface area contributed by atoms with Gasteiger partial charge in [0.15, 0.2) is 0 Å². The van der Waals surface area contributed by atoms with Crippen molar-refractivity contribution >= 4 is 11.8 Å². The molecule has 0 aromatic carbocycles. The predicted octanol–water partition coefficient (Wildman–Crippen LogP) is 7.86. The summed E-state index contributed by atoms with van der Waals surface area (Å²) < 4.78 is 0.656. The second kappa shape index (κ2) is 10.4. The third-order valence-corrected chi connectivity index (χ3v) is 8.59. The normalized spacial score (nSPS) is 35.3. The van der Waals surface area contributed by atoms with Crippen molar-refractivity contribution in [3.63, 3.8) is 0 Å². The van der Waals surface area contributed by atoms with E-state index in [2.05, 4.69) is 31.9 Å². The van der Waals surface area contributed by atoms with Crippen LogP contribution in [-0.2, 0) is 0 Å². The first-order valence-electron chi connectivity index (χ1n) is 10.8. The lowest BCUT2D eigenvalue weighted by molar-refractivity contribution is 0.148. The van der Waals surface area contributed by atoms with Crippen molar-refractivity contribution < 1.29 is 0 Å². The van der Waals surface area contributed by atoms with Crippen molar-refractivity contribution in [1.82, 2.24) is 0 Å². The van der Waals surface area contributed by atoms with E-state index < -0.39 is 0 Å². The van der Waals surface area contributed by atoms with Crippen molar-refractivity contribution in [3.8, 4) is 0 Å². The number of rotatable bonds is 9. The Kier molecular flexibility index (Phi) is 8.87. The van der Waals surface area contributed by atoms with Gasteiger partial charge in [-0.2, -0.15) is 11.8 Å². The molecule has 0 N–H and O–H groups in total.